The topological polar surface area (TPSA) is 79.4 Å². The first-order valence-corrected chi connectivity index (χ1v) is 11.8. The highest BCUT2D eigenvalue weighted by Crippen LogP contribution is 2.28. The minimum atomic E-state index is -3.54. The van der Waals surface area contributed by atoms with E-state index in [0.717, 1.165) is 9.88 Å². The van der Waals surface area contributed by atoms with E-state index in [-0.39, 0.29) is 23.3 Å². The molecule has 1 N–H and O–H groups in total. The third-order valence-corrected chi connectivity index (χ3v) is 8.15. The van der Waals surface area contributed by atoms with Crippen LogP contribution >= 0.6 is 22.7 Å². The molecule has 0 aliphatic carbocycles. The van der Waals surface area contributed by atoms with Crippen LogP contribution < -0.4 is 5.32 Å². The predicted octanol–water partition coefficient (Wildman–Crippen LogP) is 4.08. The molecule has 148 valence electrons. The van der Waals surface area contributed by atoms with Crippen LogP contribution in [-0.4, -0.2) is 36.7 Å². The highest BCUT2D eigenvalue weighted by Gasteiger charge is 2.22. The van der Waals surface area contributed by atoms with Crippen molar-refractivity contribution in [2.24, 2.45) is 0 Å². The molecule has 0 spiro atoms. The van der Waals surface area contributed by atoms with E-state index in [4.69, 9.17) is 0 Å². The maximum Gasteiger partial charge on any atom is 0.243 e. The minimum absolute atomic E-state index is 0.137. The van der Waals surface area contributed by atoms with E-state index in [0.29, 0.717) is 11.4 Å². The molecule has 0 aliphatic heterocycles. The van der Waals surface area contributed by atoms with Gasteiger partial charge in [0.1, 0.15) is 5.01 Å². The van der Waals surface area contributed by atoms with Gasteiger partial charge in [-0.25, -0.2) is 13.4 Å². The summed E-state index contributed by atoms with van der Waals surface area (Å²) >= 11 is 3.13. The van der Waals surface area contributed by atoms with E-state index in [1.54, 1.807) is 30.5 Å². The quantitative estimate of drug-likeness (QED) is 0.606. The second-order valence-electron chi connectivity index (χ2n) is 6.49. The Bertz CT molecular complexity index is 1040. The molecule has 2 aromatic heterocycles. The average Bonchev–Trinajstić information content (AvgIpc) is 3.32. The van der Waals surface area contributed by atoms with Gasteiger partial charge >= 0.3 is 0 Å². The van der Waals surface area contributed by atoms with Crippen LogP contribution in [0.5, 0.6) is 0 Å². The van der Waals surface area contributed by atoms with Gasteiger partial charge in [0, 0.05) is 24.2 Å². The number of rotatable bonds is 7. The number of sulfonamides is 1. The van der Waals surface area contributed by atoms with E-state index in [9.17, 15) is 13.2 Å². The fraction of sp³-hybridized carbons (Fsp3) is 0.263. The van der Waals surface area contributed by atoms with Crippen molar-refractivity contribution < 1.29 is 13.2 Å². The molecular weight excluding hydrogens is 414 g/mol. The molecule has 0 saturated carbocycles. The number of amides is 1. The third-order valence-electron chi connectivity index (χ3n) is 4.17. The summed E-state index contributed by atoms with van der Waals surface area (Å²) in [7, 11) is -1.99. The van der Waals surface area contributed by atoms with E-state index in [2.05, 4.69) is 10.3 Å². The Morgan fingerprint density at radius 2 is 1.89 bits per heavy atom. The molecule has 0 saturated heterocycles. The average molecular weight is 436 g/mol. The van der Waals surface area contributed by atoms with Crippen LogP contribution in [0.2, 0.25) is 0 Å². The highest BCUT2D eigenvalue weighted by atomic mass is 32.2. The number of hydrogen-bond donors (Lipinski definition) is 1. The van der Waals surface area contributed by atoms with Crippen molar-refractivity contribution in [3.8, 4) is 9.88 Å². The summed E-state index contributed by atoms with van der Waals surface area (Å²) < 4.78 is 26.3. The summed E-state index contributed by atoms with van der Waals surface area (Å²) in [6.45, 7) is 3.63. The standard InChI is InChI=1S/C19H21N3O3S3/c1-13(2)22(3)28(24,25)16-8-6-14(7-9-16)20-18(23)11-15-12-27-19(21-15)17-5-4-10-26-17/h4-10,12-13H,11H2,1-3H3,(H,20,23). The summed E-state index contributed by atoms with van der Waals surface area (Å²) in [6.07, 6.45) is 0.165. The lowest BCUT2D eigenvalue weighted by atomic mass is 10.3. The zero-order valence-electron chi connectivity index (χ0n) is 15.7. The van der Waals surface area contributed by atoms with Gasteiger partial charge in [-0.2, -0.15) is 4.31 Å². The molecule has 0 fully saturated rings. The Balaban J connectivity index is 1.63. The molecule has 0 unspecified atom stereocenters. The Labute approximate surface area is 172 Å². The Hall–Kier alpha value is -2.07. The van der Waals surface area contributed by atoms with Crippen molar-refractivity contribution in [2.75, 3.05) is 12.4 Å². The van der Waals surface area contributed by atoms with Gasteiger partial charge in [0.15, 0.2) is 0 Å². The van der Waals surface area contributed by atoms with Crippen LogP contribution in [0.1, 0.15) is 19.5 Å². The summed E-state index contributed by atoms with van der Waals surface area (Å²) in [5.74, 6) is -0.196. The van der Waals surface area contributed by atoms with E-state index in [1.165, 1.54) is 27.8 Å². The Morgan fingerprint density at radius 3 is 2.50 bits per heavy atom. The molecule has 0 aliphatic rings. The van der Waals surface area contributed by atoms with E-state index in [1.807, 2.05) is 36.7 Å². The predicted molar refractivity (Wildman–Crippen MR) is 114 cm³/mol. The van der Waals surface area contributed by atoms with E-state index < -0.39 is 10.0 Å². The number of nitrogens with zero attached hydrogens (tertiary/aromatic N) is 2. The van der Waals surface area contributed by atoms with Gasteiger partial charge in [-0.05, 0) is 49.6 Å². The first-order chi connectivity index (χ1) is 13.3. The van der Waals surface area contributed by atoms with E-state index >= 15 is 0 Å². The van der Waals surface area contributed by atoms with Crippen molar-refractivity contribution in [1.82, 2.24) is 9.29 Å². The number of hydrogen-bond acceptors (Lipinski definition) is 6. The molecule has 2 heterocycles. The van der Waals surface area contributed by atoms with Gasteiger partial charge in [-0.3, -0.25) is 4.79 Å². The monoisotopic (exact) mass is 435 g/mol. The maximum absolute atomic E-state index is 12.5. The third kappa shape index (κ3) is 4.67. The molecular formula is C19H21N3O3S3. The van der Waals surface area contributed by atoms with Crippen LogP contribution in [-0.2, 0) is 21.2 Å². The number of benzene rings is 1. The van der Waals surface area contributed by atoms with Crippen LogP contribution in [0.3, 0.4) is 0 Å². The van der Waals surface area contributed by atoms with Crippen LogP contribution in [0.15, 0.2) is 52.1 Å². The zero-order chi connectivity index (χ0) is 20.3. The first-order valence-electron chi connectivity index (χ1n) is 8.63. The summed E-state index contributed by atoms with van der Waals surface area (Å²) in [5, 5.41) is 7.56. The molecule has 3 rings (SSSR count). The molecule has 1 aromatic carbocycles. The SMILES string of the molecule is CC(C)N(C)S(=O)(=O)c1ccc(NC(=O)Cc2csc(-c3cccs3)n2)cc1. The summed E-state index contributed by atoms with van der Waals surface area (Å²) in [5.41, 5.74) is 1.26. The van der Waals surface area contributed by atoms with Crippen molar-refractivity contribution >= 4 is 44.3 Å². The minimum Gasteiger partial charge on any atom is -0.326 e. The molecule has 6 nitrogen and oxygen atoms in total. The van der Waals surface area contributed by atoms with Crippen LogP contribution in [0.4, 0.5) is 5.69 Å². The van der Waals surface area contributed by atoms with Gasteiger partial charge in [-0.1, -0.05) is 6.07 Å². The zero-order valence-corrected chi connectivity index (χ0v) is 18.2. The molecule has 9 heteroatoms. The Morgan fingerprint density at radius 1 is 1.18 bits per heavy atom. The van der Waals surface area contributed by atoms with Gasteiger partial charge in [0.25, 0.3) is 0 Å². The summed E-state index contributed by atoms with van der Waals surface area (Å²) in [6, 6.07) is 10.0. The van der Waals surface area contributed by atoms with Gasteiger partial charge in [0.05, 0.1) is 21.9 Å². The highest BCUT2D eigenvalue weighted by molar-refractivity contribution is 7.89. The Kier molecular flexibility index (Phi) is 6.29. The molecule has 28 heavy (non-hydrogen) atoms. The second kappa shape index (κ2) is 8.52. The van der Waals surface area contributed by atoms with Crippen molar-refractivity contribution in [3.63, 3.8) is 0 Å². The lowest BCUT2D eigenvalue weighted by Crippen LogP contribution is -2.33. The number of anilines is 1. The van der Waals surface area contributed by atoms with Crippen LogP contribution in [0.25, 0.3) is 9.88 Å². The first kappa shape index (κ1) is 20.7. The smallest absolute Gasteiger partial charge is 0.243 e. The molecule has 3 aromatic rings. The fourth-order valence-electron chi connectivity index (χ4n) is 2.43. The number of carbonyl (C=O) groups is 1. The maximum atomic E-state index is 12.5. The number of carbonyl (C=O) groups excluding carboxylic acids is 1. The fourth-order valence-corrected chi connectivity index (χ4v) is 5.43. The number of thiazole rings is 1. The second-order valence-corrected chi connectivity index (χ2v) is 10.3. The van der Waals surface area contributed by atoms with Crippen molar-refractivity contribution in [1.29, 1.82) is 0 Å². The number of thiophene rings is 1. The summed E-state index contributed by atoms with van der Waals surface area (Å²) in [4.78, 5) is 18.1. The lowest BCUT2D eigenvalue weighted by Gasteiger charge is -2.21. The van der Waals surface area contributed by atoms with Gasteiger partial charge in [0.2, 0.25) is 15.9 Å². The van der Waals surface area contributed by atoms with Crippen LogP contribution in [0, 0.1) is 0 Å². The van der Waals surface area contributed by atoms with Crippen molar-refractivity contribution in [3.05, 3.63) is 52.9 Å². The molecule has 1 amide bonds. The lowest BCUT2D eigenvalue weighted by molar-refractivity contribution is -0.115. The largest absolute Gasteiger partial charge is 0.326 e. The number of nitrogens with one attached hydrogen (secondary N) is 1. The molecule has 0 atom stereocenters. The van der Waals surface area contributed by atoms with Gasteiger partial charge in [-0.15, -0.1) is 22.7 Å². The molecule has 0 radical (unpaired) electrons. The number of aromatic nitrogens is 1. The van der Waals surface area contributed by atoms with Gasteiger partial charge < -0.3 is 5.32 Å². The molecule has 0 bridgehead atoms. The van der Waals surface area contributed by atoms with Crippen molar-refractivity contribution in [2.45, 2.75) is 31.2 Å². The normalized spacial score (nSPS) is 11.9.